The average Bonchev–Trinajstić information content (AvgIpc) is 2.36. The van der Waals surface area contributed by atoms with E-state index in [0.29, 0.717) is 17.1 Å². The summed E-state index contributed by atoms with van der Waals surface area (Å²) in [6, 6.07) is 8.98. The van der Waals surface area contributed by atoms with Crippen LogP contribution < -0.4 is 4.74 Å². The van der Waals surface area contributed by atoms with Gasteiger partial charge in [-0.2, -0.15) is 0 Å². The van der Waals surface area contributed by atoms with Crippen LogP contribution >= 0.6 is 27.5 Å². The summed E-state index contributed by atoms with van der Waals surface area (Å²) in [7, 11) is 0. The number of benzene rings is 2. The van der Waals surface area contributed by atoms with Gasteiger partial charge in [-0.3, -0.25) is 4.79 Å². The van der Waals surface area contributed by atoms with Crippen molar-refractivity contribution in [3.63, 3.8) is 0 Å². The molecule has 0 aliphatic carbocycles. The highest BCUT2D eigenvalue weighted by atomic mass is 79.9. The molecule has 5 heteroatoms. The van der Waals surface area contributed by atoms with E-state index in [1.165, 1.54) is 12.1 Å². The minimum atomic E-state index is -0.615. The summed E-state index contributed by atoms with van der Waals surface area (Å²) in [5, 5.41) is 0.372. The predicted octanol–water partition coefficient (Wildman–Crippen LogP) is 4.85. The molecule has 0 saturated carbocycles. The van der Waals surface area contributed by atoms with E-state index in [1.807, 2.05) is 0 Å². The molecule has 0 radical (unpaired) electrons. The highest BCUT2D eigenvalue weighted by Gasteiger charge is 2.09. The molecule has 2 aromatic carbocycles. The van der Waals surface area contributed by atoms with Crippen LogP contribution in [0, 0.1) is 5.82 Å². The van der Waals surface area contributed by atoms with Gasteiger partial charge in [-0.15, -0.1) is 0 Å². The summed E-state index contributed by atoms with van der Waals surface area (Å²) in [4.78, 5) is 10.5. The third kappa shape index (κ3) is 2.89. The molecule has 18 heavy (non-hydrogen) atoms. The Morgan fingerprint density at radius 3 is 2.61 bits per heavy atom. The Bertz CT molecular complexity index is 602. The van der Waals surface area contributed by atoms with Gasteiger partial charge < -0.3 is 4.74 Å². The molecular formula is C13H7BrClFO2. The van der Waals surface area contributed by atoms with Crippen molar-refractivity contribution >= 4 is 33.8 Å². The van der Waals surface area contributed by atoms with Crippen LogP contribution in [0.3, 0.4) is 0 Å². The van der Waals surface area contributed by atoms with E-state index in [-0.39, 0.29) is 11.3 Å². The fourth-order valence-electron chi connectivity index (χ4n) is 1.35. The van der Waals surface area contributed by atoms with Crippen LogP contribution in [0.2, 0.25) is 5.02 Å². The van der Waals surface area contributed by atoms with Crippen molar-refractivity contribution in [2.75, 3.05) is 0 Å². The van der Waals surface area contributed by atoms with Crippen LogP contribution in [-0.4, -0.2) is 6.29 Å². The molecule has 0 aromatic heterocycles. The Labute approximate surface area is 116 Å². The molecule has 2 nitrogen and oxygen atoms in total. The lowest BCUT2D eigenvalue weighted by molar-refractivity contribution is 0.112. The van der Waals surface area contributed by atoms with Crippen molar-refractivity contribution in [1.82, 2.24) is 0 Å². The fourth-order valence-corrected chi connectivity index (χ4v) is 1.84. The molecule has 0 atom stereocenters. The maximum absolute atomic E-state index is 13.6. The number of hydrogen-bond acceptors (Lipinski definition) is 2. The molecule has 0 N–H and O–H groups in total. The standard InChI is InChI=1S/C13H7BrClFO2/c14-9-2-3-10(15)13(6-9)18-12-4-1-8(7-17)5-11(12)16/h1-7H. The van der Waals surface area contributed by atoms with Crippen molar-refractivity contribution in [3.8, 4) is 11.5 Å². The Morgan fingerprint density at radius 2 is 1.94 bits per heavy atom. The first kappa shape index (κ1) is 13.1. The minimum absolute atomic E-state index is 0.0144. The third-order valence-electron chi connectivity index (χ3n) is 2.21. The number of carbonyl (C=O) groups excluding carboxylic acids is 1. The van der Waals surface area contributed by atoms with Gasteiger partial charge in [-0.25, -0.2) is 4.39 Å². The second-order valence-corrected chi connectivity index (χ2v) is 4.81. The third-order valence-corrected chi connectivity index (χ3v) is 3.01. The van der Waals surface area contributed by atoms with Gasteiger partial charge in [0, 0.05) is 10.0 Å². The van der Waals surface area contributed by atoms with Crippen LogP contribution in [0.4, 0.5) is 4.39 Å². The van der Waals surface area contributed by atoms with Crippen molar-refractivity contribution in [3.05, 3.63) is 57.3 Å². The van der Waals surface area contributed by atoms with E-state index in [1.54, 1.807) is 18.2 Å². The molecule has 0 aliphatic rings. The summed E-state index contributed by atoms with van der Waals surface area (Å²) in [5.74, 6) is -0.264. The van der Waals surface area contributed by atoms with Crippen LogP contribution in [0.15, 0.2) is 40.9 Å². The number of carbonyl (C=O) groups is 1. The van der Waals surface area contributed by atoms with Gasteiger partial charge in [0.15, 0.2) is 11.6 Å². The first-order valence-corrected chi connectivity index (χ1v) is 6.15. The second-order valence-electron chi connectivity index (χ2n) is 3.48. The zero-order valence-corrected chi connectivity index (χ0v) is 11.3. The van der Waals surface area contributed by atoms with Gasteiger partial charge in [0.05, 0.1) is 5.02 Å². The van der Waals surface area contributed by atoms with Crippen LogP contribution in [0.25, 0.3) is 0 Å². The van der Waals surface area contributed by atoms with Crippen molar-refractivity contribution in [2.24, 2.45) is 0 Å². The molecule has 2 aromatic rings. The summed E-state index contributed by atoms with van der Waals surface area (Å²) in [5.41, 5.74) is 0.250. The Balaban J connectivity index is 2.34. The van der Waals surface area contributed by atoms with E-state index in [9.17, 15) is 9.18 Å². The topological polar surface area (TPSA) is 26.3 Å². The Hall–Kier alpha value is -1.39. The van der Waals surface area contributed by atoms with Crippen molar-refractivity contribution < 1.29 is 13.9 Å². The first-order valence-electron chi connectivity index (χ1n) is 4.98. The predicted molar refractivity (Wildman–Crippen MR) is 71.0 cm³/mol. The van der Waals surface area contributed by atoms with Gasteiger partial charge >= 0.3 is 0 Å². The summed E-state index contributed by atoms with van der Waals surface area (Å²) < 4.78 is 19.8. The highest BCUT2D eigenvalue weighted by Crippen LogP contribution is 2.33. The number of aldehydes is 1. The molecule has 0 amide bonds. The molecule has 0 heterocycles. The smallest absolute Gasteiger partial charge is 0.166 e. The fraction of sp³-hybridized carbons (Fsp3) is 0. The Kier molecular flexibility index (Phi) is 3.99. The van der Waals surface area contributed by atoms with Crippen LogP contribution in [-0.2, 0) is 0 Å². The number of halogens is 3. The average molecular weight is 330 g/mol. The quantitative estimate of drug-likeness (QED) is 0.753. The molecule has 0 bridgehead atoms. The second kappa shape index (κ2) is 5.50. The van der Waals surface area contributed by atoms with Crippen LogP contribution in [0.5, 0.6) is 11.5 Å². The molecular weight excluding hydrogens is 322 g/mol. The van der Waals surface area contributed by atoms with Gasteiger partial charge in [0.1, 0.15) is 12.0 Å². The highest BCUT2D eigenvalue weighted by molar-refractivity contribution is 9.10. The lowest BCUT2D eigenvalue weighted by Crippen LogP contribution is -1.91. The van der Waals surface area contributed by atoms with Crippen molar-refractivity contribution in [2.45, 2.75) is 0 Å². The lowest BCUT2D eigenvalue weighted by atomic mass is 10.2. The zero-order valence-electron chi connectivity index (χ0n) is 8.99. The van der Waals surface area contributed by atoms with E-state index < -0.39 is 5.82 Å². The lowest BCUT2D eigenvalue weighted by Gasteiger charge is -2.09. The van der Waals surface area contributed by atoms with Crippen LogP contribution in [0.1, 0.15) is 10.4 Å². The largest absolute Gasteiger partial charge is 0.453 e. The normalized spacial score (nSPS) is 10.2. The molecule has 0 saturated heterocycles. The van der Waals surface area contributed by atoms with Gasteiger partial charge in [-0.05, 0) is 36.4 Å². The molecule has 0 unspecified atom stereocenters. The van der Waals surface area contributed by atoms with E-state index in [2.05, 4.69) is 15.9 Å². The molecule has 0 spiro atoms. The zero-order chi connectivity index (χ0) is 13.1. The number of rotatable bonds is 3. The minimum Gasteiger partial charge on any atom is -0.453 e. The SMILES string of the molecule is O=Cc1ccc(Oc2cc(Br)ccc2Cl)c(F)c1. The summed E-state index contributed by atoms with van der Waals surface area (Å²) in [6.45, 7) is 0. The maximum Gasteiger partial charge on any atom is 0.166 e. The number of ether oxygens (including phenoxy) is 1. The van der Waals surface area contributed by atoms with E-state index in [4.69, 9.17) is 16.3 Å². The first-order chi connectivity index (χ1) is 8.60. The summed E-state index contributed by atoms with van der Waals surface area (Å²) in [6.07, 6.45) is 0.568. The van der Waals surface area contributed by atoms with E-state index in [0.717, 1.165) is 10.5 Å². The molecule has 2 rings (SSSR count). The monoisotopic (exact) mass is 328 g/mol. The Morgan fingerprint density at radius 1 is 1.17 bits per heavy atom. The van der Waals surface area contributed by atoms with E-state index >= 15 is 0 Å². The van der Waals surface area contributed by atoms with Gasteiger partial charge in [0.25, 0.3) is 0 Å². The van der Waals surface area contributed by atoms with Crippen molar-refractivity contribution in [1.29, 1.82) is 0 Å². The van der Waals surface area contributed by atoms with Gasteiger partial charge in [0.2, 0.25) is 0 Å². The summed E-state index contributed by atoms with van der Waals surface area (Å²) >= 11 is 9.20. The number of hydrogen-bond donors (Lipinski definition) is 0. The molecule has 0 aliphatic heterocycles. The van der Waals surface area contributed by atoms with Gasteiger partial charge in [-0.1, -0.05) is 27.5 Å². The molecule has 92 valence electrons. The maximum atomic E-state index is 13.6. The molecule has 0 fully saturated rings.